The number of hydrogen-bond acceptors (Lipinski definition) is 6. The van der Waals surface area contributed by atoms with Gasteiger partial charge in [-0.15, -0.1) is 0 Å². The molecule has 0 atom stereocenters. The Kier molecular flexibility index (Phi) is 10.3. The fraction of sp³-hybridized carbons (Fsp3) is 0.391. The molecule has 1 amide bonds. The monoisotopic (exact) mass is 520 g/mol. The molecule has 1 aromatic carbocycles. The molecule has 33 heavy (non-hydrogen) atoms. The first-order valence-corrected chi connectivity index (χ1v) is 11.4. The molecule has 1 fully saturated rings. The van der Waals surface area contributed by atoms with Crippen molar-refractivity contribution in [2.24, 2.45) is 0 Å². The van der Waals surface area contributed by atoms with Crippen LogP contribution in [0.4, 0.5) is 4.39 Å². The van der Waals surface area contributed by atoms with E-state index in [2.05, 4.69) is 16.0 Å². The molecule has 175 valence electrons. The number of nitrogens with zero attached hydrogens (tertiary/aromatic N) is 5. The van der Waals surface area contributed by atoms with E-state index in [4.69, 9.17) is 8.93 Å². The molecular formula is C23H27FN5O3Se. The van der Waals surface area contributed by atoms with E-state index in [0.29, 0.717) is 48.5 Å². The predicted molar refractivity (Wildman–Crippen MR) is 124 cm³/mol. The number of ether oxygens (including phenoxy) is 1. The minimum atomic E-state index is -0.839. The van der Waals surface area contributed by atoms with Gasteiger partial charge in [-0.1, -0.05) is 13.8 Å². The van der Waals surface area contributed by atoms with Crippen LogP contribution in [0.3, 0.4) is 0 Å². The van der Waals surface area contributed by atoms with Gasteiger partial charge < -0.3 is 9.64 Å². The molecule has 1 aliphatic rings. The summed E-state index contributed by atoms with van der Waals surface area (Å²) in [4.78, 5) is 23.4. The molecule has 1 N–H and O–H groups in total. The molecule has 0 aliphatic carbocycles. The molecule has 3 aromatic rings. The number of carbonyl (C=O) groups is 1. The zero-order valence-electron chi connectivity index (χ0n) is 18.9. The van der Waals surface area contributed by atoms with Gasteiger partial charge in [0.15, 0.2) is 5.65 Å². The normalized spacial score (nSPS) is 13.3. The van der Waals surface area contributed by atoms with Crippen LogP contribution in [0.15, 0.2) is 36.5 Å². The maximum atomic E-state index is 13.4. The third kappa shape index (κ3) is 6.08. The van der Waals surface area contributed by atoms with Crippen LogP contribution >= 0.6 is 0 Å². The second-order valence-corrected chi connectivity index (χ2v) is 6.93. The Labute approximate surface area is 201 Å². The van der Waals surface area contributed by atoms with Gasteiger partial charge in [0, 0.05) is 25.0 Å². The second kappa shape index (κ2) is 12.9. The van der Waals surface area contributed by atoms with E-state index >= 15 is 0 Å². The van der Waals surface area contributed by atoms with Crippen molar-refractivity contribution in [1.29, 1.82) is 5.26 Å². The summed E-state index contributed by atoms with van der Waals surface area (Å²) in [6.45, 7) is 4.80. The van der Waals surface area contributed by atoms with Crippen molar-refractivity contribution >= 4 is 33.4 Å². The van der Waals surface area contributed by atoms with Crippen LogP contribution in [-0.4, -0.2) is 72.2 Å². The fourth-order valence-electron chi connectivity index (χ4n) is 3.55. The zero-order valence-corrected chi connectivity index (χ0v) is 20.6. The van der Waals surface area contributed by atoms with Crippen LogP contribution in [-0.2, 0) is 6.42 Å². The van der Waals surface area contributed by atoms with Gasteiger partial charge in [-0.05, 0) is 43.2 Å². The fourth-order valence-corrected chi connectivity index (χ4v) is 3.55. The van der Waals surface area contributed by atoms with Gasteiger partial charge in [0.05, 0.1) is 25.2 Å². The molecular weight excluding hydrogens is 492 g/mol. The molecule has 3 heterocycles. The van der Waals surface area contributed by atoms with Crippen LogP contribution in [0, 0.1) is 11.3 Å². The van der Waals surface area contributed by atoms with E-state index in [1.807, 2.05) is 38.1 Å². The molecule has 1 aliphatic heterocycles. The number of piperidine rings is 1. The van der Waals surface area contributed by atoms with Crippen molar-refractivity contribution < 1.29 is 18.1 Å². The molecule has 4 rings (SSSR count). The van der Waals surface area contributed by atoms with Gasteiger partial charge >= 0.3 is 20.5 Å². The van der Waals surface area contributed by atoms with Crippen molar-refractivity contribution in [3.63, 3.8) is 0 Å². The third-order valence-electron chi connectivity index (χ3n) is 5.09. The van der Waals surface area contributed by atoms with Crippen LogP contribution in [0.5, 0.6) is 5.75 Å². The average Bonchev–Trinajstić information content (AvgIpc) is 3.24. The van der Waals surface area contributed by atoms with E-state index in [0.717, 1.165) is 11.4 Å². The van der Waals surface area contributed by atoms with Crippen molar-refractivity contribution in [3.05, 3.63) is 47.9 Å². The quantitative estimate of drug-likeness (QED) is 0.532. The number of imidazole rings is 1. The van der Waals surface area contributed by atoms with E-state index in [1.54, 1.807) is 39.0 Å². The molecule has 0 spiro atoms. The minimum absolute atomic E-state index is 0.107. The van der Waals surface area contributed by atoms with Gasteiger partial charge in [-0.2, -0.15) is 5.26 Å². The number of benzene rings is 1. The number of aromatic nitrogens is 3. The molecule has 0 saturated carbocycles. The summed E-state index contributed by atoms with van der Waals surface area (Å²) in [6, 6.07) is 11.2. The summed E-state index contributed by atoms with van der Waals surface area (Å²) in [6.07, 6.45) is 1.51. The molecule has 2 aromatic heterocycles. The number of carbonyl (C=O) groups excluding carboxylic acids is 1. The third-order valence-corrected chi connectivity index (χ3v) is 5.09. The SMILES string of the molecule is CC.COc1ccc(-n2c(CC#N)nc3cc(C(=O)N4CCC(F)CC4)cnc32)cc1.O[Se]. The van der Waals surface area contributed by atoms with Crippen molar-refractivity contribution in [3.8, 4) is 17.5 Å². The Morgan fingerprint density at radius 1 is 1.27 bits per heavy atom. The summed E-state index contributed by atoms with van der Waals surface area (Å²) in [5.41, 5.74) is 2.32. The van der Waals surface area contributed by atoms with Crippen LogP contribution < -0.4 is 4.74 Å². The summed E-state index contributed by atoms with van der Waals surface area (Å²) in [5, 5.41) is 9.20. The van der Waals surface area contributed by atoms with Gasteiger partial charge in [0.25, 0.3) is 5.91 Å². The molecule has 0 unspecified atom stereocenters. The number of hydrogen-bond donors (Lipinski definition) is 1. The number of alkyl halides is 1. The summed E-state index contributed by atoms with van der Waals surface area (Å²) in [7, 11) is 1.60. The van der Waals surface area contributed by atoms with Gasteiger partial charge in [-0.3, -0.25) is 9.36 Å². The maximum absolute atomic E-state index is 13.4. The van der Waals surface area contributed by atoms with Crippen LogP contribution in [0.25, 0.3) is 16.9 Å². The second-order valence-electron chi connectivity index (χ2n) is 6.93. The molecule has 1 saturated heterocycles. The number of methoxy groups -OCH3 is 1. The number of amides is 1. The number of nitriles is 1. The molecule has 0 bridgehead atoms. The number of halogens is 1. The average molecular weight is 519 g/mol. The Hall–Kier alpha value is -2.99. The van der Waals surface area contributed by atoms with E-state index in [-0.39, 0.29) is 12.3 Å². The Morgan fingerprint density at radius 2 is 1.91 bits per heavy atom. The topological polar surface area (TPSA) is 104 Å². The summed E-state index contributed by atoms with van der Waals surface area (Å²) in [5.74, 6) is 1.09. The van der Waals surface area contributed by atoms with Crippen molar-refractivity contribution in [2.75, 3.05) is 20.2 Å². The van der Waals surface area contributed by atoms with Crippen LogP contribution in [0.2, 0.25) is 0 Å². The Bertz CT molecular complexity index is 1090. The first-order valence-electron chi connectivity index (χ1n) is 10.6. The van der Waals surface area contributed by atoms with Crippen molar-refractivity contribution in [1.82, 2.24) is 19.4 Å². The molecule has 10 heteroatoms. The van der Waals surface area contributed by atoms with E-state index < -0.39 is 6.17 Å². The Morgan fingerprint density at radius 3 is 2.48 bits per heavy atom. The summed E-state index contributed by atoms with van der Waals surface area (Å²) < 4.78 is 27.2. The zero-order chi connectivity index (χ0) is 24.4. The van der Waals surface area contributed by atoms with Crippen molar-refractivity contribution in [2.45, 2.75) is 39.3 Å². The first kappa shape index (κ1) is 26.3. The standard InChI is InChI=1S/C21H20FN5O2.C2H6.HOSe/c1-29-17-4-2-16(3-5-17)27-19(6-9-23)25-18-12-14(13-24-20(18)27)21(28)26-10-7-15(22)8-11-26;2*1-2/h2-5,12-13,15H,6-8,10-11H2,1H3;1-2H3;1H. The van der Waals surface area contributed by atoms with Gasteiger partial charge in [-0.25, -0.2) is 14.4 Å². The first-order chi connectivity index (χ1) is 16.1. The van der Waals surface area contributed by atoms with E-state index in [9.17, 15) is 14.4 Å². The van der Waals surface area contributed by atoms with Crippen LogP contribution in [0.1, 0.15) is 42.9 Å². The van der Waals surface area contributed by atoms with Gasteiger partial charge in [0.1, 0.15) is 23.3 Å². The number of fused-ring (bicyclic) bond motifs is 1. The molecule has 8 nitrogen and oxygen atoms in total. The predicted octanol–water partition coefficient (Wildman–Crippen LogP) is 3.16. The number of rotatable bonds is 4. The van der Waals surface area contributed by atoms with Gasteiger partial charge in [0.2, 0.25) is 0 Å². The molecule has 1 radical (unpaired) electrons. The number of pyridine rings is 1. The Balaban J connectivity index is 0.000000914. The van der Waals surface area contributed by atoms with E-state index in [1.165, 1.54) is 6.20 Å². The number of likely N-dealkylation sites (tertiary alicyclic amines) is 1. The summed E-state index contributed by atoms with van der Waals surface area (Å²) >= 11 is 1.62.